The summed E-state index contributed by atoms with van der Waals surface area (Å²) in [5.74, 6) is 1.63. The van der Waals surface area contributed by atoms with Gasteiger partial charge in [-0.2, -0.15) is 0 Å². The number of ether oxygens (including phenoxy) is 3. The number of anilines is 1. The SMILES string of the molecule is O=C(C=Cc1ccc2c(c1)OCO2)Nc1ccc2c(c1)C(=O)N1CCCCC1CCO2. The molecule has 7 nitrogen and oxygen atoms in total. The number of benzene rings is 2. The summed E-state index contributed by atoms with van der Waals surface area (Å²) >= 11 is 0. The van der Waals surface area contributed by atoms with Crippen molar-refractivity contribution in [1.82, 2.24) is 4.90 Å². The molecule has 3 aliphatic heterocycles. The Morgan fingerprint density at radius 2 is 1.87 bits per heavy atom. The van der Waals surface area contributed by atoms with Gasteiger partial charge >= 0.3 is 0 Å². The zero-order valence-corrected chi connectivity index (χ0v) is 17.1. The van der Waals surface area contributed by atoms with Crippen LogP contribution in [0.4, 0.5) is 5.69 Å². The number of hydrogen-bond donors (Lipinski definition) is 1. The number of amides is 2. The Morgan fingerprint density at radius 3 is 2.81 bits per heavy atom. The lowest BCUT2D eigenvalue weighted by Gasteiger charge is -2.37. The van der Waals surface area contributed by atoms with E-state index in [0.29, 0.717) is 35.1 Å². The molecule has 1 N–H and O–H groups in total. The summed E-state index contributed by atoms with van der Waals surface area (Å²) in [5, 5.41) is 2.84. The molecular weight excluding hydrogens is 396 g/mol. The molecular formula is C24H24N2O5. The fourth-order valence-corrected chi connectivity index (χ4v) is 4.30. The lowest BCUT2D eigenvalue weighted by Crippen LogP contribution is -2.45. The largest absolute Gasteiger partial charge is 0.493 e. The van der Waals surface area contributed by atoms with Crippen molar-refractivity contribution in [2.24, 2.45) is 0 Å². The van der Waals surface area contributed by atoms with Crippen LogP contribution in [-0.2, 0) is 4.79 Å². The first kappa shape index (κ1) is 19.5. The third-order valence-electron chi connectivity index (χ3n) is 5.90. The average Bonchev–Trinajstić information content (AvgIpc) is 3.25. The van der Waals surface area contributed by atoms with Crippen molar-refractivity contribution in [1.29, 1.82) is 0 Å². The Balaban J connectivity index is 1.31. The molecule has 1 fully saturated rings. The number of rotatable bonds is 3. The molecule has 0 radical (unpaired) electrons. The highest BCUT2D eigenvalue weighted by atomic mass is 16.7. The van der Waals surface area contributed by atoms with Crippen LogP contribution in [0.25, 0.3) is 6.08 Å². The van der Waals surface area contributed by atoms with Crippen LogP contribution in [0.5, 0.6) is 17.2 Å². The maximum atomic E-state index is 13.2. The van der Waals surface area contributed by atoms with Gasteiger partial charge in [0.1, 0.15) is 5.75 Å². The van der Waals surface area contributed by atoms with Gasteiger partial charge in [-0.15, -0.1) is 0 Å². The molecule has 160 valence electrons. The highest BCUT2D eigenvalue weighted by Crippen LogP contribution is 2.33. The van der Waals surface area contributed by atoms with Gasteiger partial charge < -0.3 is 24.4 Å². The molecule has 0 spiro atoms. The van der Waals surface area contributed by atoms with Gasteiger partial charge in [0.2, 0.25) is 12.7 Å². The van der Waals surface area contributed by atoms with E-state index in [4.69, 9.17) is 14.2 Å². The van der Waals surface area contributed by atoms with Crippen LogP contribution >= 0.6 is 0 Å². The first-order valence-electron chi connectivity index (χ1n) is 10.6. The van der Waals surface area contributed by atoms with Crippen LogP contribution in [-0.4, -0.2) is 42.7 Å². The molecule has 1 atom stereocenters. The molecule has 1 unspecified atom stereocenters. The van der Waals surface area contributed by atoms with E-state index in [2.05, 4.69) is 5.32 Å². The second-order valence-corrected chi connectivity index (χ2v) is 7.93. The van der Waals surface area contributed by atoms with E-state index < -0.39 is 0 Å². The molecule has 3 aliphatic rings. The molecule has 2 aromatic rings. The van der Waals surface area contributed by atoms with Crippen LogP contribution < -0.4 is 19.5 Å². The second kappa shape index (κ2) is 8.34. The first-order valence-corrected chi connectivity index (χ1v) is 10.6. The summed E-state index contributed by atoms with van der Waals surface area (Å²) in [6.45, 7) is 1.57. The van der Waals surface area contributed by atoms with Gasteiger partial charge in [0.05, 0.1) is 12.2 Å². The average molecular weight is 420 g/mol. The van der Waals surface area contributed by atoms with Crippen molar-refractivity contribution >= 4 is 23.6 Å². The predicted molar refractivity (Wildman–Crippen MR) is 115 cm³/mol. The van der Waals surface area contributed by atoms with Gasteiger partial charge in [-0.25, -0.2) is 0 Å². The van der Waals surface area contributed by atoms with Gasteiger partial charge in [0, 0.05) is 30.8 Å². The quantitative estimate of drug-likeness (QED) is 0.764. The molecule has 0 bridgehead atoms. The van der Waals surface area contributed by atoms with Crippen molar-refractivity contribution in [2.75, 3.05) is 25.3 Å². The van der Waals surface area contributed by atoms with Crippen LogP contribution in [0, 0.1) is 0 Å². The topological polar surface area (TPSA) is 77.1 Å². The van der Waals surface area contributed by atoms with E-state index in [1.807, 2.05) is 23.1 Å². The summed E-state index contributed by atoms with van der Waals surface area (Å²) in [6, 6.07) is 10.9. The van der Waals surface area contributed by atoms with Gasteiger partial charge in [-0.3, -0.25) is 9.59 Å². The smallest absolute Gasteiger partial charge is 0.257 e. The molecule has 3 heterocycles. The van der Waals surface area contributed by atoms with Gasteiger partial charge in [0.15, 0.2) is 11.5 Å². The monoisotopic (exact) mass is 420 g/mol. The van der Waals surface area contributed by atoms with Crippen molar-refractivity contribution in [3.8, 4) is 17.2 Å². The van der Waals surface area contributed by atoms with Crippen molar-refractivity contribution < 1.29 is 23.8 Å². The number of nitrogens with one attached hydrogen (secondary N) is 1. The van der Waals surface area contributed by atoms with Crippen LogP contribution in [0.2, 0.25) is 0 Å². The lowest BCUT2D eigenvalue weighted by atomic mass is 9.97. The lowest BCUT2D eigenvalue weighted by molar-refractivity contribution is -0.111. The standard InChI is InChI=1S/C24H24N2O5/c27-23(9-5-16-4-7-21-22(13-16)31-15-30-21)25-17-6-8-20-19(14-17)24(28)26-11-2-1-3-18(26)10-12-29-20/h4-9,13-14,18H,1-3,10-12,15H2,(H,25,27). The van der Waals surface area contributed by atoms with E-state index in [1.54, 1.807) is 24.3 Å². The number of fused-ring (bicyclic) bond motifs is 3. The normalized spacial score (nSPS) is 19.8. The Bertz CT molecular complexity index is 1050. The molecule has 2 aromatic carbocycles. The maximum absolute atomic E-state index is 13.2. The summed E-state index contributed by atoms with van der Waals surface area (Å²) in [5.41, 5.74) is 1.90. The van der Waals surface area contributed by atoms with E-state index in [0.717, 1.165) is 37.8 Å². The molecule has 31 heavy (non-hydrogen) atoms. The Labute approximate surface area is 180 Å². The first-order chi connectivity index (χ1) is 15.2. The summed E-state index contributed by atoms with van der Waals surface area (Å²) in [7, 11) is 0. The Hall–Kier alpha value is -3.48. The maximum Gasteiger partial charge on any atom is 0.257 e. The van der Waals surface area contributed by atoms with E-state index >= 15 is 0 Å². The number of carbonyl (C=O) groups excluding carboxylic acids is 2. The highest BCUT2D eigenvalue weighted by Gasteiger charge is 2.31. The molecule has 2 amide bonds. The number of carbonyl (C=O) groups is 2. The Kier molecular flexibility index (Phi) is 5.24. The van der Waals surface area contributed by atoms with E-state index in [-0.39, 0.29) is 24.6 Å². The zero-order chi connectivity index (χ0) is 21.2. The van der Waals surface area contributed by atoms with Crippen molar-refractivity contribution in [2.45, 2.75) is 31.7 Å². The number of nitrogens with zero attached hydrogens (tertiary/aromatic N) is 1. The molecule has 0 saturated carbocycles. The minimum Gasteiger partial charge on any atom is -0.493 e. The number of hydrogen-bond acceptors (Lipinski definition) is 5. The van der Waals surface area contributed by atoms with E-state index in [1.165, 1.54) is 6.08 Å². The molecule has 0 aromatic heterocycles. The van der Waals surface area contributed by atoms with Crippen LogP contribution in [0.1, 0.15) is 41.6 Å². The fraction of sp³-hybridized carbons (Fsp3) is 0.333. The second-order valence-electron chi connectivity index (χ2n) is 7.93. The Morgan fingerprint density at radius 1 is 1.00 bits per heavy atom. The van der Waals surface area contributed by atoms with Gasteiger partial charge in [0.25, 0.3) is 5.91 Å². The molecule has 5 rings (SSSR count). The van der Waals surface area contributed by atoms with Gasteiger partial charge in [-0.1, -0.05) is 6.07 Å². The van der Waals surface area contributed by atoms with Gasteiger partial charge in [-0.05, 0) is 61.2 Å². The molecule has 1 saturated heterocycles. The van der Waals surface area contributed by atoms with Crippen molar-refractivity contribution in [3.05, 3.63) is 53.6 Å². The van der Waals surface area contributed by atoms with Crippen molar-refractivity contribution in [3.63, 3.8) is 0 Å². The third-order valence-corrected chi connectivity index (χ3v) is 5.90. The predicted octanol–water partition coefficient (Wildman–Crippen LogP) is 3.84. The minimum atomic E-state index is -0.285. The third kappa shape index (κ3) is 4.08. The van der Waals surface area contributed by atoms with E-state index in [9.17, 15) is 9.59 Å². The van der Waals surface area contributed by atoms with Crippen LogP contribution in [0.3, 0.4) is 0 Å². The molecule has 0 aliphatic carbocycles. The molecule has 7 heteroatoms. The highest BCUT2D eigenvalue weighted by molar-refractivity contribution is 6.04. The summed E-state index contributed by atoms with van der Waals surface area (Å²) < 4.78 is 16.5. The summed E-state index contributed by atoms with van der Waals surface area (Å²) in [4.78, 5) is 27.6. The summed E-state index contributed by atoms with van der Waals surface area (Å²) in [6.07, 6.45) is 7.21. The van der Waals surface area contributed by atoms with Crippen LogP contribution in [0.15, 0.2) is 42.5 Å². The fourth-order valence-electron chi connectivity index (χ4n) is 4.30. The zero-order valence-electron chi connectivity index (χ0n) is 17.1. The minimum absolute atomic E-state index is 0.0219. The number of piperidine rings is 1.